The van der Waals surface area contributed by atoms with Gasteiger partial charge in [-0.1, -0.05) is 6.07 Å². The van der Waals surface area contributed by atoms with E-state index in [2.05, 4.69) is 5.32 Å². The van der Waals surface area contributed by atoms with Crippen molar-refractivity contribution in [1.29, 1.82) is 0 Å². The molecular weight excluding hydrogens is 398 g/mol. The number of hydrogen-bond acceptors (Lipinski definition) is 5. The van der Waals surface area contributed by atoms with E-state index in [0.717, 1.165) is 10.6 Å². The molecular formula is C24H23NO4S. The molecule has 0 spiro atoms. The molecule has 0 aliphatic rings. The molecule has 0 saturated carbocycles. The van der Waals surface area contributed by atoms with E-state index in [-0.39, 0.29) is 11.7 Å². The van der Waals surface area contributed by atoms with E-state index in [0.29, 0.717) is 34.9 Å². The number of amides is 1. The van der Waals surface area contributed by atoms with Crippen molar-refractivity contribution in [3.8, 4) is 11.5 Å². The Labute approximate surface area is 180 Å². The summed E-state index contributed by atoms with van der Waals surface area (Å²) in [7, 11) is 1.58. The minimum atomic E-state index is -0.203. The summed E-state index contributed by atoms with van der Waals surface area (Å²) >= 11 is 1.43. The lowest BCUT2D eigenvalue weighted by molar-refractivity contribution is 0.101. The minimum Gasteiger partial charge on any atom is -0.497 e. The molecule has 0 fully saturated rings. The van der Waals surface area contributed by atoms with Crippen molar-refractivity contribution in [3.63, 3.8) is 0 Å². The van der Waals surface area contributed by atoms with Crippen molar-refractivity contribution < 1.29 is 19.1 Å². The number of ketones is 1. The molecule has 3 aromatic carbocycles. The van der Waals surface area contributed by atoms with Crippen LogP contribution in [-0.4, -0.2) is 31.2 Å². The maximum absolute atomic E-state index is 12.4. The quantitative estimate of drug-likeness (QED) is 0.374. The van der Waals surface area contributed by atoms with Crippen LogP contribution in [0.5, 0.6) is 11.5 Å². The Hall–Kier alpha value is -3.25. The summed E-state index contributed by atoms with van der Waals surface area (Å²) in [6.07, 6.45) is 0. The third-order valence-electron chi connectivity index (χ3n) is 4.30. The van der Waals surface area contributed by atoms with Crippen molar-refractivity contribution in [3.05, 3.63) is 83.9 Å². The number of methoxy groups -OCH3 is 1. The molecule has 0 bridgehead atoms. The van der Waals surface area contributed by atoms with Crippen LogP contribution in [0.4, 0.5) is 5.69 Å². The lowest BCUT2D eigenvalue weighted by atomic mass is 10.1. The first-order chi connectivity index (χ1) is 14.6. The monoisotopic (exact) mass is 421 g/mol. The fourth-order valence-electron chi connectivity index (χ4n) is 2.75. The molecule has 0 unspecified atom stereocenters. The first-order valence-corrected chi connectivity index (χ1v) is 10.5. The van der Waals surface area contributed by atoms with E-state index in [9.17, 15) is 9.59 Å². The Morgan fingerprint density at radius 3 is 2.23 bits per heavy atom. The maximum Gasteiger partial charge on any atom is 0.255 e. The zero-order valence-electron chi connectivity index (χ0n) is 16.9. The fourth-order valence-corrected chi connectivity index (χ4v) is 3.59. The smallest absolute Gasteiger partial charge is 0.255 e. The Morgan fingerprint density at radius 2 is 1.57 bits per heavy atom. The van der Waals surface area contributed by atoms with Crippen molar-refractivity contribution in [2.45, 2.75) is 11.8 Å². The van der Waals surface area contributed by atoms with E-state index in [4.69, 9.17) is 9.47 Å². The van der Waals surface area contributed by atoms with Crippen LogP contribution in [-0.2, 0) is 0 Å². The van der Waals surface area contributed by atoms with Gasteiger partial charge in [-0.25, -0.2) is 0 Å². The van der Waals surface area contributed by atoms with Crippen molar-refractivity contribution >= 4 is 29.1 Å². The zero-order valence-corrected chi connectivity index (χ0v) is 17.7. The SMILES string of the molecule is CCOc1ccc(C(=O)CSc2cccc(NC(=O)c3ccc(OC)cc3)c2)cc1. The Balaban J connectivity index is 1.58. The Kier molecular flexibility index (Phi) is 7.51. The maximum atomic E-state index is 12.4. The number of rotatable bonds is 9. The number of nitrogens with one attached hydrogen (secondary N) is 1. The molecule has 1 N–H and O–H groups in total. The molecule has 5 nitrogen and oxygen atoms in total. The number of carbonyl (C=O) groups excluding carboxylic acids is 2. The van der Waals surface area contributed by atoms with Gasteiger partial charge in [0.2, 0.25) is 0 Å². The molecule has 30 heavy (non-hydrogen) atoms. The van der Waals surface area contributed by atoms with Gasteiger partial charge in [0, 0.05) is 21.7 Å². The van der Waals surface area contributed by atoms with E-state index < -0.39 is 0 Å². The van der Waals surface area contributed by atoms with Gasteiger partial charge in [-0.05, 0) is 73.7 Å². The first kappa shape index (κ1) is 21.5. The normalized spacial score (nSPS) is 10.3. The molecule has 154 valence electrons. The van der Waals surface area contributed by atoms with Crippen molar-refractivity contribution in [2.24, 2.45) is 0 Å². The number of ether oxygens (including phenoxy) is 2. The van der Waals surface area contributed by atoms with Gasteiger partial charge in [0.05, 0.1) is 19.5 Å². The van der Waals surface area contributed by atoms with Crippen LogP contribution in [0.15, 0.2) is 77.7 Å². The fraction of sp³-hybridized carbons (Fsp3) is 0.167. The van der Waals surface area contributed by atoms with Gasteiger partial charge in [-0.15, -0.1) is 11.8 Å². The third-order valence-corrected chi connectivity index (χ3v) is 5.30. The van der Waals surface area contributed by atoms with E-state index >= 15 is 0 Å². The number of thioether (sulfide) groups is 1. The predicted octanol–water partition coefficient (Wildman–Crippen LogP) is 5.32. The van der Waals surface area contributed by atoms with Crippen molar-refractivity contribution in [1.82, 2.24) is 0 Å². The number of anilines is 1. The second-order valence-electron chi connectivity index (χ2n) is 6.38. The number of hydrogen-bond donors (Lipinski definition) is 1. The summed E-state index contributed by atoms with van der Waals surface area (Å²) in [4.78, 5) is 25.8. The highest BCUT2D eigenvalue weighted by atomic mass is 32.2. The topological polar surface area (TPSA) is 64.6 Å². The largest absolute Gasteiger partial charge is 0.497 e. The van der Waals surface area contributed by atoms with E-state index in [1.165, 1.54) is 11.8 Å². The molecule has 0 saturated heterocycles. The van der Waals surface area contributed by atoms with Crippen molar-refractivity contribution in [2.75, 3.05) is 24.8 Å². The summed E-state index contributed by atoms with van der Waals surface area (Å²) in [6, 6.07) is 21.5. The summed E-state index contributed by atoms with van der Waals surface area (Å²) in [5.74, 6) is 1.59. The van der Waals surface area contributed by atoms with Gasteiger partial charge in [0.25, 0.3) is 5.91 Å². The average Bonchev–Trinajstić information content (AvgIpc) is 2.78. The van der Waals surface area contributed by atoms with Gasteiger partial charge in [-0.3, -0.25) is 9.59 Å². The molecule has 3 aromatic rings. The van der Waals surface area contributed by atoms with Gasteiger partial charge < -0.3 is 14.8 Å². The van der Waals surface area contributed by atoms with Crippen LogP contribution in [0.3, 0.4) is 0 Å². The molecule has 0 aromatic heterocycles. The summed E-state index contributed by atoms with van der Waals surface area (Å²) in [6.45, 7) is 2.51. The van der Waals surface area contributed by atoms with Crippen LogP contribution in [0.2, 0.25) is 0 Å². The standard InChI is InChI=1S/C24H23NO4S/c1-3-29-21-13-7-17(8-14-21)23(26)16-30-22-6-4-5-19(15-22)25-24(27)18-9-11-20(28-2)12-10-18/h4-15H,3,16H2,1-2H3,(H,25,27). The first-order valence-electron chi connectivity index (χ1n) is 9.53. The van der Waals surface area contributed by atoms with Crippen LogP contribution >= 0.6 is 11.8 Å². The molecule has 0 aliphatic carbocycles. The lowest BCUT2D eigenvalue weighted by Gasteiger charge is -2.08. The number of benzene rings is 3. The predicted molar refractivity (Wildman–Crippen MR) is 120 cm³/mol. The minimum absolute atomic E-state index is 0.0377. The zero-order chi connectivity index (χ0) is 21.3. The van der Waals surface area contributed by atoms with E-state index in [1.807, 2.05) is 31.2 Å². The highest BCUT2D eigenvalue weighted by Crippen LogP contribution is 2.24. The molecule has 1 amide bonds. The van der Waals surface area contributed by atoms with E-state index in [1.54, 1.807) is 55.6 Å². The van der Waals surface area contributed by atoms with Crippen LogP contribution < -0.4 is 14.8 Å². The van der Waals surface area contributed by atoms with Gasteiger partial charge >= 0.3 is 0 Å². The molecule has 0 radical (unpaired) electrons. The average molecular weight is 422 g/mol. The number of Topliss-reactive ketones (excluding diaryl/α,β-unsaturated/α-hetero) is 1. The summed E-state index contributed by atoms with van der Waals surface area (Å²) < 4.78 is 10.5. The lowest BCUT2D eigenvalue weighted by Crippen LogP contribution is -2.11. The molecule has 0 aliphatic heterocycles. The van der Waals surface area contributed by atoms with Crippen LogP contribution in [0, 0.1) is 0 Å². The molecule has 3 rings (SSSR count). The molecule has 6 heteroatoms. The third kappa shape index (κ3) is 5.87. The second kappa shape index (κ2) is 10.5. The highest BCUT2D eigenvalue weighted by Gasteiger charge is 2.09. The highest BCUT2D eigenvalue weighted by molar-refractivity contribution is 8.00. The molecule has 0 heterocycles. The Bertz CT molecular complexity index is 1000. The summed E-state index contributed by atoms with van der Waals surface area (Å²) in [5, 5.41) is 2.88. The molecule has 0 atom stereocenters. The van der Waals surface area contributed by atoms with Crippen LogP contribution in [0.1, 0.15) is 27.6 Å². The van der Waals surface area contributed by atoms with Crippen LogP contribution in [0.25, 0.3) is 0 Å². The van der Waals surface area contributed by atoms with Gasteiger partial charge in [0.15, 0.2) is 5.78 Å². The summed E-state index contributed by atoms with van der Waals surface area (Å²) in [5.41, 5.74) is 1.86. The number of carbonyl (C=O) groups is 2. The second-order valence-corrected chi connectivity index (χ2v) is 7.43. The van der Waals surface area contributed by atoms with Gasteiger partial charge in [-0.2, -0.15) is 0 Å². The van der Waals surface area contributed by atoms with Gasteiger partial charge in [0.1, 0.15) is 11.5 Å². The Morgan fingerprint density at radius 1 is 0.900 bits per heavy atom.